The summed E-state index contributed by atoms with van der Waals surface area (Å²) in [5.74, 6) is -3.26. The molecule has 14 nitrogen and oxygen atoms in total. The van der Waals surface area contributed by atoms with E-state index in [1.807, 2.05) is 25.1 Å². The third-order valence-corrected chi connectivity index (χ3v) is 12.1. The van der Waals surface area contributed by atoms with Gasteiger partial charge in [-0.25, -0.2) is 26.4 Å². The zero-order chi connectivity index (χ0) is 41.8. The van der Waals surface area contributed by atoms with E-state index in [2.05, 4.69) is 10.6 Å². The predicted molar refractivity (Wildman–Crippen MR) is 210 cm³/mol. The second-order valence-electron chi connectivity index (χ2n) is 12.6. The highest BCUT2D eigenvalue weighted by atomic mass is 32.2. The molecule has 0 fully saturated rings. The Balaban J connectivity index is 1.18. The summed E-state index contributed by atoms with van der Waals surface area (Å²) in [6.07, 6.45) is 0. The number of hydrogen-bond donors (Lipinski definition) is 4. The number of ether oxygens (including phenoxy) is 2. The van der Waals surface area contributed by atoms with Gasteiger partial charge in [0.1, 0.15) is 23.0 Å². The number of carbonyl (C=O) groups excluding carboxylic acids is 2. The summed E-state index contributed by atoms with van der Waals surface area (Å²) in [5.41, 5.74) is -0.747. The van der Waals surface area contributed by atoms with E-state index in [0.717, 1.165) is 42.0 Å². The molecule has 0 atom stereocenters. The van der Waals surface area contributed by atoms with Gasteiger partial charge in [-0.05, 0) is 122 Å². The SMILES string of the molecule is CNC(=O)c1cc(S(=O)(=O)c2ccc(C(=O)O)c(C(=O)Nc3cccc(Oc4ccc(S(=O)(=O)c5ccc(Oc6cccc(C)c6)cc5)cc4)c3)c2)ccc1C(=O)O. The lowest BCUT2D eigenvalue weighted by atomic mass is 10.1. The minimum Gasteiger partial charge on any atom is -0.478 e. The number of carbonyl (C=O) groups is 4. The number of amides is 2. The first-order valence-corrected chi connectivity index (χ1v) is 20.0. The Kier molecular flexibility index (Phi) is 11.4. The second kappa shape index (κ2) is 16.4. The van der Waals surface area contributed by atoms with Crippen molar-refractivity contribution in [3.63, 3.8) is 0 Å². The van der Waals surface area contributed by atoms with Crippen molar-refractivity contribution in [3.8, 4) is 23.0 Å². The van der Waals surface area contributed by atoms with E-state index in [0.29, 0.717) is 11.5 Å². The average molecular weight is 821 g/mol. The Hall–Kier alpha value is -7.30. The van der Waals surface area contributed by atoms with Gasteiger partial charge in [0, 0.05) is 18.8 Å². The number of aryl methyl sites for hydroxylation is 1. The van der Waals surface area contributed by atoms with Gasteiger partial charge in [-0.3, -0.25) is 9.59 Å². The van der Waals surface area contributed by atoms with Crippen LogP contribution in [-0.2, 0) is 19.7 Å². The van der Waals surface area contributed by atoms with Gasteiger partial charge in [0.2, 0.25) is 19.7 Å². The summed E-state index contributed by atoms with van der Waals surface area (Å²) in [5, 5.41) is 24.1. The smallest absolute Gasteiger partial charge is 0.336 e. The van der Waals surface area contributed by atoms with Crippen LogP contribution in [0, 0.1) is 6.92 Å². The van der Waals surface area contributed by atoms with Crippen LogP contribution >= 0.6 is 0 Å². The molecule has 0 unspecified atom stereocenters. The summed E-state index contributed by atoms with van der Waals surface area (Å²) >= 11 is 0. The van der Waals surface area contributed by atoms with Crippen LogP contribution in [0.5, 0.6) is 23.0 Å². The molecule has 4 N–H and O–H groups in total. The molecule has 6 aromatic carbocycles. The fourth-order valence-corrected chi connectivity index (χ4v) is 8.27. The van der Waals surface area contributed by atoms with Crippen LogP contribution in [0.15, 0.2) is 153 Å². The molecule has 0 bridgehead atoms. The highest BCUT2D eigenvalue weighted by Gasteiger charge is 2.27. The van der Waals surface area contributed by atoms with Crippen LogP contribution in [0.25, 0.3) is 0 Å². The van der Waals surface area contributed by atoms with Crippen molar-refractivity contribution in [1.82, 2.24) is 5.32 Å². The minimum atomic E-state index is -4.51. The van der Waals surface area contributed by atoms with E-state index >= 15 is 0 Å². The Morgan fingerprint density at radius 2 is 0.914 bits per heavy atom. The first-order chi connectivity index (χ1) is 27.6. The van der Waals surface area contributed by atoms with E-state index in [-0.39, 0.29) is 27.0 Å². The molecule has 0 saturated heterocycles. The fraction of sp³-hybridized carbons (Fsp3) is 0.0476. The molecule has 0 aliphatic carbocycles. The van der Waals surface area contributed by atoms with Gasteiger partial charge in [-0.2, -0.15) is 0 Å². The second-order valence-corrected chi connectivity index (χ2v) is 16.5. The number of anilines is 1. The number of aromatic carboxylic acids is 2. The van der Waals surface area contributed by atoms with Crippen molar-refractivity contribution in [2.45, 2.75) is 26.5 Å². The molecule has 0 heterocycles. The van der Waals surface area contributed by atoms with E-state index < -0.39 is 75.5 Å². The van der Waals surface area contributed by atoms with E-state index in [1.165, 1.54) is 61.6 Å². The maximum Gasteiger partial charge on any atom is 0.336 e. The Morgan fingerprint density at radius 3 is 1.38 bits per heavy atom. The lowest BCUT2D eigenvalue weighted by Gasteiger charge is -2.13. The number of benzene rings is 6. The van der Waals surface area contributed by atoms with Gasteiger partial charge in [0.25, 0.3) is 11.8 Å². The average Bonchev–Trinajstić information content (AvgIpc) is 3.20. The molecular weight excluding hydrogens is 789 g/mol. The third-order valence-electron chi connectivity index (χ3n) is 8.60. The van der Waals surface area contributed by atoms with Crippen LogP contribution < -0.4 is 20.1 Å². The first kappa shape index (κ1) is 40.4. The van der Waals surface area contributed by atoms with E-state index in [4.69, 9.17) is 9.47 Å². The largest absolute Gasteiger partial charge is 0.478 e. The summed E-state index contributed by atoms with van der Waals surface area (Å²) < 4.78 is 65.7. The van der Waals surface area contributed by atoms with Gasteiger partial charge >= 0.3 is 11.9 Å². The van der Waals surface area contributed by atoms with Crippen molar-refractivity contribution >= 4 is 49.1 Å². The van der Waals surface area contributed by atoms with Crippen molar-refractivity contribution < 1.29 is 55.7 Å². The highest BCUT2D eigenvalue weighted by molar-refractivity contribution is 7.91. The van der Waals surface area contributed by atoms with Crippen LogP contribution in [0.3, 0.4) is 0 Å². The molecule has 2 amide bonds. The maximum atomic E-state index is 13.6. The predicted octanol–water partition coefficient (Wildman–Crippen LogP) is 7.25. The Labute approximate surface area is 332 Å². The van der Waals surface area contributed by atoms with E-state index in [9.17, 15) is 46.2 Å². The van der Waals surface area contributed by atoms with Gasteiger partial charge < -0.3 is 30.3 Å². The van der Waals surface area contributed by atoms with Crippen molar-refractivity contribution in [1.29, 1.82) is 0 Å². The molecule has 0 spiro atoms. The van der Waals surface area contributed by atoms with Gasteiger partial charge in [-0.15, -0.1) is 0 Å². The molecule has 0 aliphatic heterocycles. The van der Waals surface area contributed by atoms with Gasteiger partial charge in [0.05, 0.1) is 41.8 Å². The van der Waals surface area contributed by atoms with Crippen molar-refractivity contribution in [2.75, 3.05) is 12.4 Å². The molecule has 6 aromatic rings. The molecule has 294 valence electrons. The van der Waals surface area contributed by atoms with Crippen LogP contribution in [0.2, 0.25) is 0 Å². The lowest BCUT2D eigenvalue weighted by Crippen LogP contribution is -2.22. The zero-order valence-corrected chi connectivity index (χ0v) is 32.1. The zero-order valence-electron chi connectivity index (χ0n) is 30.5. The third kappa shape index (κ3) is 8.72. The monoisotopic (exact) mass is 820 g/mol. The number of sulfone groups is 2. The summed E-state index contributed by atoms with van der Waals surface area (Å²) in [4.78, 5) is 48.7. The number of carboxylic acid groups (broad SMARTS) is 2. The molecule has 0 aliphatic rings. The normalized spacial score (nSPS) is 11.3. The number of hydrogen-bond acceptors (Lipinski definition) is 10. The Morgan fingerprint density at radius 1 is 0.483 bits per heavy atom. The molecular formula is C42H32N2O12S2. The number of carboxylic acids is 2. The first-order valence-electron chi connectivity index (χ1n) is 17.1. The molecule has 0 radical (unpaired) electrons. The molecule has 0 aromatic heterocycles. The number of nitrogens with one attached hydrogen (secondary N) is 2. The summed E-state index contributed by atoms with van der Waals surface area (Å²) in [7, 11) is -7.16. The van der Waals surface area contributed by atoms with Crippen LogP contribution in [-0.4, -0.2) is 57.8 Å². The van der Waals surface area contributed by atoms with Gasteiger partial charge in [0.15, 0.2) is 0 Å². The maximum absolute atomic E-state index is 13.6. The Bertz CT molecular complexity index is 2820. The van der Waals surface area contributed by atoms with Crippen molar-refractivity contribution in [3.05, 3.63) is 161 Å². The minimum absolute atomic E-state index is 0.0101. The van der Waals surface area contributed by atoms with Crippen molar-refractivity contribution in [2.24, 2.45) is 0 Å². The topological polar surface area (TPSA) is 220 Å². The molecule has 16 heteroatoms. The van der Waals surface area contributed by atoms with Crippen LogP contribution in [0.1, 0.15) is 47.0 Å². The molecule has 58 heavy (non-hydrogen) atoms. The van der Waals surface area contributed by atoms with Gasteiger partial charge in [-0.1, -0.05) is 18.2 Å². The molecule has 0 saturated carbocycles. The van der Waals surface area contributed by atoms with E-state index in [1.54, 1.807) is 24.3 Å². The summed E-state index contributed by atoms with van der Waals surface area (Å²) in [6.45, 7) is 1.93. The highest BCUT2D eigenvalue weighted by Crippen LogP contribution is 2.31. The standard InChI is InChI=1S/C42H32N2O12S2/c1-25-5-3-7-29(21-25)55-27-9-13-31(14-10-27)57(51,52)32-15-11-28(12-16-32)56-30-8-4-6-26(22-30)44-40(46)38-24-34(18-20-36(38)42(49)50)58(53,54)33-17-19-35(41(47)48)37(23-33)39(45)43-2/h3-24H,1-2H3,(H,43,45)(H,44,46)(H,47,48)(H,49,50). The molecule has 6 rings (SSSR count). The van der Waals surface area contributed by atoms with Crippen LogP contribution in [0.4, 0.5) is 5.69 Å². The number of rotatable bonds is 13. The fourth-order valence-electron chi connectivity index (χ4n) is 5.70. The summed E-state index contributed by atoms with van der Waals surface area (Å²) in [6, 6.07) is 30.7. The lowest BCUT2D eigenvalue weighted by molar-refractivity contribution is 0.0683. The quantitative estimate of drug-likeness (QED) is 0.0905.